The molecule has 0 aliphatic carbocycles. The van der Waals surface area contributed by atoms with Gasteiger partial charge >= 0.3 is 0 Å². The van der Waals surface area contributed by atoms with E-state index in [-0.39, 0.29) is 5.54 Å². The standard InChI is InChI=1S/C11H21N3S/c1-5-6-7-9-13-14-10(15-9)8-12-11(2,3)4/h12H,5-8H2,1-4H3. The van der Waals surface area contributed by atoms with E-state index in [0.29, 0.717) is 0 Å². The fourth-order valence-electron chi connectivity index (χ4n) is 1.13. The van der Waals surface area contributed by atoms with Crippen molar-refractivity contribution in [2.75, 3.05) is 0 Å². The highest BCUT2D eigenvalue weighted by Gasteiger charge is 2.10. The second-order valence-corrected chi connectivity index (χ2v) is 5.94. The summed E-state index contributed by atoms with van der Waals surface area (Å²) in [6.07, 6.45) is 3.50. The van der Waals surface area contributed by atoms with Crippen LogP contribution in [0, 0.1) is 0 Å². The molecule has 86 valence electrons. The van der Waals surface area contributed by atoms with Crippen LogP contribution in [-0.4, -0.2) is 15.7 Å². The molecule has 0 atom stereocenters. The number of aryl methyl sites for hydroxylation is 1. The first-order chi connectivity index (χ1) is 7.01. The molecule has 1 aromatic rings. The summed E-state index contributed by atoms with van der Waals surface area (Å²) in [7, 11) is 0. The molecule has 0 spiro atoms. The lowest BCUT2D eigenvalue weighted by Gasteiger charge is -2.19. The number of rotatable bonds is 5. The first-order valence-corrected chi connectivity index (χ1v) is 6.39. The maximum absolute atomic E-state index is 4.18. The Morgan fingerprint density at radius 3 is 2.47 bits per heavy atom. The van der Waals surface area contributed by atoms with Crippen molar-refractivity contribution >= 4 is 11.3 Å². The van der Waals surface area contributed by atoms with E-state index in [1.807, 2.05) is 0 Å². The number of nitrogens with zero attached hydrogens (tertiary/aromatic N) is 2. The molecule has 0 aromatic carbocycles. The van der Waals surface area contributed by atoms with Gasteiger partial charge in [0.25, 0.3) is 0 Å². The van der Waals surface area contributed by atoms with Crippen LogP contribution in [0.3, 0.4) is 0 Å². The Balaban J connectivity index is 2.39. The zero-order valence-corrected chi connectivity index (χ0v) is 10.9. The summed E-state index contributed by atoms with van der Waals surface area (Å²) in [6, 6.07) is 0. The van der Waals surface area contributed by atoms with Crippen molar-refractivity contribution in [1.82, 2.24) is 15.5 Å². The average molecular weight is 227 g/mol. The summed E-state index contributed by atoms with van der Waals surface area (Å²) >= 11 is 1.73. The van der Waals surface area contributed by atoms with Gasteiger partial charge in [-0.15, -0.1) is 21.5 Å². The van der Waals surface area contributed by atoms with Crippen molar-refractivity contribution in [3.05, 3.63) is 10.0 Å². The monoisotopic (exact) mass is 227 g/mol. The summed E-state index contributed by atoms with van der Waals surface area (Å²) in [6.45, 7) is 9.50. The minimum atomic E-state index is 0.148. The van der Waals surface area contributed by atoms with Crippen molar-refractivity contribution in [2.45, 2.75) is 59.0 Å². The zero-order chi connectivity index (χ0) is 11.3. The molecule has 0 radical (unpaired) electrons. The van der Waals surface area contributed by atoms with Crippen LogP contribution in [-0.2, 0) is 13.0 Å². The van der Waals surface area contributed by atoms with Gasteiger partial charge in [-0.1, -0.05) is 13.3 Å². The topological polar surface area (TPSA) is 37.8 Å². The van der Waals surface area contributed by atoms with Gasteiger partial charge in [-0.25, -0.2) is 0 Å². The minimum absolute atomic E-state index is 0.148. The van der Waals surface area contributed by atoms with Crippen molar-refractivity contribution in [3.63, 3.8) is 0 Å². The Morgan fingerprint density at radius 2 is 1.87 bits per heavy atom. The SMILES string of the molecule is CCCCc1nnc(CNC(C)(C)C)s1. The Bertz CT molecular complexity index is 288. The quantitative estimate of drug-likeness (QED) is 0.840. The van der Waals surface area contributed by atoms with Gasteiger partial charge in [0.05, 0.1) is 6.54 Å². The fourth-order valence-corrected chi connectivity index (χ4v) is 1.96. The molecule has 0 saturated heterocycles. The van der Waals surface area contributed by atoms with Crippen LogP contribution < -0.4 is 5.32 Å². The largest absolute Gasteiger partial charge is 0.306 e. The Morgan fingerprint density at radius 1 is 1.20 bits per heavy atom. The van der Waals surface area contributed by atoms with Crippen LogP contribution in [0.2, 0.25) is 0 Å². The van der Waals surface area contributed by atoms with E-state index in [0.717, 1.165) is 18.0 Å². The fraction of sp³-hybridized carbons (Fsp3) is 0.818. The summed E-state index contributed by atoms with van der Waals surface area (Å²) in [5.74, 6) is 0. The van der Waals surface area contributed by atoms with E-state index in [2.05, 4.69) is 43.2 Å². The highest BCUT2D eigenvalue weighted by Crippen LogP contribution is 2.13. The highest BCUT2D eigenvalue weighted by molar-refractivity contribution is 7.11. The van der Waals surface area contributed by atoms with Crippen LogP contribution in [0.15, 0.2) is 0 Å². The molecule has 0 aliphatic rings. The normalized spacial score (nSPS) is 12.0. The molecule has 3 nitrogen and oxygen atoms in total. The van der Waals surface area contributed by atoms with Crippen LogP contribution in [0.1, 0.15) is 50.6 Å². The number of aromatic nitrogens is 2. The van der Waals surface area contributed by atoms with Gasteiger partial charge in [0.1, 0.15) is 10.0 Å². The molecule has 1 N–H and O–H groups in total. The van der Waals surface area contributed by atoms with Gasteiger partial charge in [-0.3, -0.25) is 0 Å². The minimum Gasteiger partial charge on any atom is -0.306 e. The van der Waals surface area contributed by atoms with Crippen LogP contribution in [0.4, 0.5) is 0 Å². The first kappa shape index (κ1) is 12.6. The summed E-state index contributed by atoms with van der Waals surface area (Å²) in [4.78, 5) is 0. The molecule has 15 heavy (non-hydrogen) atoms. The van der Waals surface area contributed by atoms with Crippen LogP contribution in [0.25, 0.3) is 0 Å². The van der Waals surface area contributed by atoms with Crippen LogP contribution in [0.5, 0.6) is 0 Å². The molecule has 4 heteroatoms. The van der Waals surface area contributed by atoms with Gasteiger partial charge < -0.3 is 5.32 Å². The molecule has 0 amide bonds. The lowest BCUT2D eigenvalue weighted by Crippen LogP contribution is -2.35. The van der Waals surface area contributed by atoms with Crippen molar-refractivity contribution in [2.24, 2.45) is 0 Å². The molecule has 1 rings (SSSR count). The lowest BCUT2D eigenvalue weighted by atomic mass is 10.1. The molecule has 0 unspecified atom stereocenters. The molecule has 1 aromatic heterocycles. The Hall–Kier alpha value is -0.480. The zero-order valence-electron chi connectivity index (χ0n) is 10.1. The molecule has 0 fully saturated rings. The second kappa shape index (κ2) is 5.56. The van der Waals surface area contributed by atoms with Crippen molar-refractivity contribution in [1.29, 1.82) is 0 Å². The summed E-state index contributed by atoms with van der Waals surface area (Å²) in [5.41, 5.74) is 0.148. The highest BCUT2D eigenvalue weighted by atomic mass is 32.1. The van der Waals surface area contributed by atoms with Gasteiger partial charge in [0.15, 0.2) is 0 Å². The molecule has 1 heterocycles. The number of hydrogen-bond donors (Lipinski definition) is 1. The maximum atomic E-state index is 4.18. The Labute approximate surface area is 96.3 Å². The molecular formula is C11H21N3S. The Kier molecular flexibility index (Phi) is 4.67. The van der Waals surface area contributed by atoms with E-state index < -0.39 is 0 Å². The predicted octanol–water partition coefficient (Wildman–Crippen LogP) is 2.77. The van der Waals surface area contributed by atoms with E-state index in [1.165, 1.54) is 17.8 Å². The molecule has 0 aliphatic heterocycles. The lowest BCUT2D eigenvalue weighted by molar-refractivity contribution is 0.423. The van der Waals surface area contributed by atoms with Gasteiger partial charge in [-0.05, 0) is 27.2 Å². The van der Waals surface area contributed by atoms with Crippen molar-refractivity contribution < 1.29 is 0 Å². The number of nitrogens with one attached hydrogen (secondary N) is 1. The van der Waals surface area contributed by atoms with E-state index in [1.54, 1.807) is 11.3 Å². The number of hydrogen-bond acceptors (Lipinski definition) is 4. The summed E-state index contributed by atoms with van der Waals surface area (Å²) < 4.78 is 0. The predicted molar refractivity (Wildman–Crippen MR) is 65.1 cm³/mol. The van der Waals surface area contributed by atoms with E-state index in [9.17, 15) is 0 Å². The van der Waals surface area contributed by atoms with E-state index in [4.69, 9.17) is 0 Å². The average Bonchev–Trinajstić information content (AvgIpc) is 2.58. The van der Waals surface area contributed by atoms with Gasteiger partial charge in [-0.2, -0.15) is 0 Å². The smallest absolute Gasteiger partial charge is 0.131 e. The second-order valence-electron chi connectivity index (χ2n) is 4.80. The third-order valence-electron chi connectivity index (χ3n) is 2.02. The van der Waals surface area contributed by atoms with Gasteiger partial charge in [0, 0.05) is 12.0 Å². The van der Waals surface area contributed by atoms with Crippen LogP contribution >= 0.6 is 11.3 Å². The third kappa shape index (κ3) is 5.23. The number of unbranched alkanes of at least 4 members (excludes halogenated alkanes) is 1. The van der Waals surface area contributed by atoms with Gasteiger partial charge in [0.2, 0.25) is 0 Å². The van der Waals surface area contributed by atoms with Crippen molar-refractivity contribution in [3.8, 4) is 0 Å². The third-order valence-corrected chi connectivity index (χ3v) is 3.01. The van der Waals surface area contributed by atoms with E-state index >= 15 is 0 Å². The maximum Gasteiger partial charge on any atom is 0.131 e. The molecular weight excluding hydrogens is 206 g/mol. The first-order valence-electron chi connectivity index (χ1n) is 5.57. The molecule has 0 bridgehead atoms. The summed E-state index contributed by atoms with van der Waals surface area (Å²) in [5, 5.41) is 14.0. The molecule has 0 saturated carbocycles.